The van der Waals surface area contributed by atoms with Crippen molar-refractivity contribution in [3.63, 3.8) is 0 Å². The lowest BCUT2D eigenvalue weighted by atomic mass is 10.2. The number of nitrogens with one attached hydrogen (secondary N) is 1. The van der Waals surface area contributed by atoms with Crippen LogP contribution in [0.25, 0.3) is 5.69 Å². The van der Waals surface area contributed by atoms with Crippen molar-refractivity contribution in [2.75, 3.05) is 4.72 Å². The molecule has 2 heterocycles. The molecule has 0 amide bonds. The van der Waals surface area contributed by atoms with E-state index in [1.165, 1.54) is 42.6 Å². The molecule has 0 bridgehead atoms. The highest BCUT2D eigenvalue weighted by Gasteiger charge is 2.46. The number of aromatic hydroxyl groups is 1. The highest BCUT2D eigenvalue weighted by Crippen LogP contribution is 2.30. The second-order valence-electron chi connectivity index (χ2n) is 7.79. The van der Waals surface area contributed by atoms with E-state index in [1.807, 2.05) is 0 Å². The monoisotopic (exact) mass is 588 g/mol. The fourth-order valence-electron chi connectivity index (χ4n) is 3.38. The Kier molecular flexibility index (Phi) is 7.03. The molecule has 0 atom stereocenters. The number of sulfonamides is 1. The van der Waals surface area contributed by atoms with Crippen molar-refractivity contribution in [2.24, 2.45) is 0 Å². The van der Waals surface area contributed by atoms with E-state index in [0.717, 1.165) is 27.5 Å². The maximum atomic E-state index is 12.9. The molecule has 0 unspecified atom stereocenters. The molecule has 0 fully saturated rings. The number of halogens is 4. The molecule has 0 saturated heterocycles. The van der Waals surface area contributed by atoms with Crippen LogP contribution in [0.1, 0.15) is 5.56 Å². The van der Waals surface area contributed by atoms with Gasteiger partial charge in [0.05, 0.1) is 28.2 Å². The third-order valence-corrected chi connectivity index (χ3v) is 8.31. The molecule has 38 heavy (non-hydrogen) atoms. The minimum absolute atomic E-state index is 0.0457. The van der Waals surface area contributed by atoms with Crippen molar-refractivity contribution >= 4 is 37.3 Å². The first kappa shape index (κ1) is 27.2. The van der Waals surface area contributed by atoms with Crippen molar-refractivity contribution in [1.29, 1.82) is 0 Å². The summed E-state index contributed by atoms with van der Waals surface area (Å²) in [5.41, 5.74) is -5.96. The van der Waals surface area contributed by atoms with Gasteiger partial charge in [-0.25, -0.2) is 31.2 Å². The van der Waals surface area contributed by atoms with Crippen LogP contribution in [-0.4, -0.2) is 41.6 Å². The molecular weight excluding hydrogens is 573 g/mol. The van der Waals surface area contributed by atoms with E-state index in [-0.39, 0.29) is 22.9 Å². The van der Waals surface area contributed by atoms with E-state index in [9.17, 15) is 39.9 Å². The topological polar surface area (TPSA) is 140 Å². The zero-order chi connectivity index (χ0) is 27.9. The number of nitrogens with zero attached hydrogens (tertiary/aromatic N) is 3. The molecule has 2 aromatic carbocycles. The number of aromatic nitrogens is 3. The fraction of sp³-hybridized carbons (Fsp3) is 0.0909. The summed E-state index contributed by atoms with van der Waals surface area (Å²) >= 11 is 5.79. The van der Waals surface area contributed by atoms with Crippen LogP contribution in [0.2, 0.25) is 5.02 Å². The van der Waals surface area contributed by atoms with Gasteiger partial charge in [0.1, 0.15) is 5.82 Å². The number of anilines is 1. The van der Waals surface area contributed by atoms with Gasteiger partial charge in [-0.15, -0.1) is 0 Å². The molecule has 4 rings (SSSR count). The Morgan fingerprint density at radius 2 is 1.55 bits per heavy atom. The predicted molar refractivity (Wildman–Crippen MR) is 131 cm³/mol. The molecule has 0 radical (unpaired) electrons. The number of imidazole rings is 1. The zero-order valence-electron chi connectivity index (χ0n) is 18.8. The van der Waals surface area contributed by atoms with Gasteiger partial charge < -0.3 is 5.11 Å². The highest BCUT2D eigenvalue weighted by molar-refractivity contribution is 7.92. The lowest BCUT2D eigenvalue weighted by Crippen LogP contribution is -2.24. The van der Waals surface area contributed by atoms with Crippen molar-refractivity contribution in [3.05, 3.63) is 94.1 Å². The third kappa shape index (κ3) is 5.39. The SMILES string of the molecule is O=c1n(Cc2ccnc(NS(=O)(=O)c3ccc(Cl)cc3)c2)cc(O)n1-c1ccc(S(=O)(=O)C(F)(F)F)cc1. The molecular formula is C22H16ClF3N4O6S2. The number of rotatable bonds is 7. The van der Waals surface area contributed by atoms with Gasteiger partial charge in [0.2, 0.25) is 5.88 Å². The van der Waals surface area contributed by atoms with E-state index >= 15 is 0 Å². The molecule has 200 valence electrons. The quantitative estimate of drug-likeness (QED) is 0.336. The lowest BCUT2D eigenvalue weighted by molar-refractivity contribution is -0.0436. The number of hydrogen-bond acceptors (Lipinski definition) is 7. The number of sulfone groups is 1. The van der Waals surface area contributed by atoms with Gasteiger partial charge in [0.15, 0.2) is 0 Å². The van der Waals surface area contributed by atoms with Gasteiger partial charge in [0.25, 0.3) is 19.9 Å². The molecule has 2 aromatic heterocycles. The summed E-state index contributed by atoms with van der Waals surface area (Å²) in [5, 5.41) is 10.6. The Labute approximate surface area is 218 Å². The van der Waals surface area contributed by atoms with Crippen molar-refractivity contribution < 1.29 is 35.1 Å². The molecule has 0 aliphatic carbocycles. The maximum Gasteiger partial charge on any atom is 0.501 e. The average Bonchev–Trinajstić information content (AvgIpc) is 3.11. The maximum absolute atomic E-state index is 12.9. The van der Waals surface area contributed by atoms with Crippen LogP contribution in [0, 0.1) is 0 Å². The number of alkyl halides is 3. The summed E-state index contributed by atoms with van der Waals surface area (Å²) in [6, 6.07) is 11.5. The van der Waals surface area contributed by atoms with Crippen molar-refractivity contribution in [1.82, 2.24) is 14.1 Å². The van der Waals surface area contributed by atoms with E-state index in [2.05, 4.69) is 9.71 Å². The summed E-state index contributed by atoms with van der Waals surface area (Å²) in [6.45, 7) is -0.141. The van der Waals surface area contributed by atoms with E-state index in [4.69, 9.17) is 11.6 Å². The fourth-order valence-corrected chi connectivity index (χ4v) is 5.27. The minimum Gasteiger partial charge on any atom is -0.493 e. The van der Waals surface area contributed by atoms with Crippen LogP contribution in [0.3, 0.4) is 0 Å². The van der Waals surface area contributed by atoms with Gasteiger partial charge in [-0.1, -0.05) is 11.6 Å². The zero-order valence-corrected chi connectivity index (χ0v) is 21.2. The van der Waals surface area contributed by atoms with Crippen LogP contribution in [0.5, 0.6) is 5.88 Å². The minimum atomic E-state index is -5.58. The van der Waals surface area contributed by atoms with Crippen LogP contribution >= 0.6 is 11.6 Å². The Hall–Kier alpha value is -3.82. The smallest absolute Gasteiger partial charge is 0.493 e. The first-order valence-corrected chi connectivity index (χ1v) is 13.7. The molecule has 16 heteroatoms. The van der Waals surface area contributed by atoms with Gasteiger partial charge in [-0.3, -0.25) is 9.29 Å². The van der Waals surface area contributed by atoms with Gasteiger partial charge >= 0.3 is 11.2 Å². The first-order valence-electron chi connectivity index (χ1n) is 10.4. The summed E-state index contributed by atoms with van der Waals surface area (Å²) in [7, 11) is -9.57. The summed E-state index contributed by atoms with van der Waals surface area (Å²) in [5.74, 6) is -0.616. The summed E-state index contributed by atoms with van der Waals surface area (Å²) in [6.07, 6.45) is 2.36. The van der Waals surface area contributed by atoms with Gasteiger partial charge in [-0.2, -0.15) is 13.2 Å². The Balaban J connectivity index is 1.58. The number of pyridine rings is 1. The molecule has 4 aromatic rings. The first-order chi connectivity index (χ1) is 17.7. The lowest BCUT2D eigenvalue weighted by Gasteiger charge is -2.09. The largest absolute Gasteiger partial charge is 0.501 e. The second-order valence-corrected chi connectivity index (χ2v) is 11.8. The second kappa shape index (κ2) is 9.81. The van der Waals surface area contributed by atoms with Crippen LogP contribution < -0.4 is 10.4 Å². The molecule has 0 saturated carbocycles. The van der Waals surface area contributed by atoms with Gasteiger partial charge in [-0.05, 0) is 66.2 Å². The standard InChI is InChI=1S/C22H16ClF3N4O6S2/c23-15-1-5-18(6-2-15)38(35,36)28-19-11-14(9-10-27-19)12-29-13-20(31)30(21(29)32)16-3-7-17(8-4-16)37(33,34)22(24,25)26/h1-11,13,31H,12H2,(H,27,28). The van der Waals surface area contributed by atoms with E-state index in [1.54, 1.807) is 0 Å². The molecule has 10 nitrogen and oxygen atoms in total. The Bertz CT molecular complexity index is 1770. The van der Waals surface area contributed by atoms with Crippen molar-refractivity contribution in [2.45, 2.75) is 21.8 Å². The number of benzene rings is 2. The van der Waals surface area contributed by atoms with E-state index in [0.29, 0.717) is 22.7 Å². The molecule has 0 aliphatic heterocycles. The molecule has 0 aliphatic rings. The highest BCUT2D eigenvalue weighted by atomic mass is 35.5. The van der Waals surface area contributed by atoms with Crippen molar-refractivity contribution in [3.8, 4) is 11.6 Å². The van der Waals surface area contributed by atoms with E-state index < -0.39 is 41.8 Å². The van der Waals surface area contributed by atoms with Gasteiger partial charge in [0, 0.05) is 11.2 Å². The predicted octanol–water partition coefficient (Wildman–Crippen LogP) is 3.54. The molecule has 2 N–H and O–H groups in total. The summed E-state index contributed by atoms with van der Waals surface area (Å²) in [4.78, 5) is 15.8. The normalized spacial score (nSPS) is 12.4. The third-order valence-electron chi connectivity index (χ3n) is 5.19. The Morgan fingerprint density at radius 3 is 2.16 bits per heavy atom. The molecule has 0 spiro atoms. The average molecular weight is 589 g/mol. The summed E-state index contributed by atoms with van der Waals surface area (Å²) < 4.78 is 90.7. The Morgan fingerprint density at radius 1 is 0.947 bits per heavy atom. The number of hydrogen-bond donors (Lipinski definition) is 2. The van der Waals surface area contributed by atoms with Crippen LogP contribution in [0.15, 0.2) is 87.6 Å². The van der Waals surface area contributed by atoms with Crippen LogP contribution in [0.4, 0.5) is 19.0 Å². The van der Waals surface area contributed by atoms with Crippen LogP contribution in [-0.2, 0) is 26.4 Å².